The lowest BCUT2D eigenvalue weighted by Gasteiger charge is -2.25. The molecule has 29 heavy (non-hydrogen) atoms. The lowest BCUT2D eigenvalue weighted by molar-refractivity contribution is 0.0950. The molecule has 0 spiro atoms. The van der Waals surface area contributed by atoms with Crippen LogP contribution in [0.4, 0.5) is 0 Å². The molecular formula is C23H33N3O2S. The van der Waals surface area contributed by atoms with Crippen LogP contribution >= 0.6 is 11.3 Å². The van der Waals surface area contributed by atoms with E-state index in [0.717, 1.165) is 47.6 Å². The van der Waals surface area contributed by atoms with Crippen LogP contribution in [0.15, 0.2) is 16.2 Å². The molecule has 2 aromatic heterocycles. The van der Waals surface area contributed by atoms with Crippen LogP contribution < -0.4 is 16.6 Å². The van der Waals surface area contributed by atoms with Crippen molar-refractivity contribution in [3.8, 4) is 0 Å². The Labute approximate surface area is 177 Å². The van der Waals surface area contributed by atoms with Gasteiger partial charge in [-0.05, 0) is 82.4 Å². The first kappa shape index (κ1) is 21.8. The SMILES string of the molecule is Cc1cc(C)c(CNC(=O)c2csc(CCC[C@H]3CC[C@H](N)CC3)c2C)c(=O)[nH]1. The van der Waals surface area contributed by atoms with Gasteiger partial charge in [-0.1, -0.05) is 6.42 Å². The quantitative estimate of drug-likeness (QED) is 0.635. The van der Waals surface area contributed by atoms with Gasteiger partial charge in [0, 0.05) is 34.1 Å². The number of aromatic nitrogens is 1. The van der Waals surface area contributed by atoms with Gasteiger partial charge in [0.1, 0.15) is 0 Å². The summed E-state index contributed by atoms with van der Waals surface area (Å²) in [5.74, 6) is 0.708. The molecule has 2 aromatic rings. The highest BCUT2D eigenvalue weighted by Crippen LogP contribution is 2.29. The highest BCUT2D eigenvalue weighted by atomic mass is 32.1. The van der Waals surface area contributed by atoms with Crippen molar-refractivity contribution in [2.24, 2.45) is 11.7 Å². The molecule has 0 aromatic carbocycles. The van der Waals surface area contributed by atoms with Crippen LogP contribution in [0.3, 0.4) is 0 Å². The minimum absolute atomic E-state index is 0.106. The maximum absolute atomic E-state index is 12.7. The molecule has 2 heterocycles. The number of H-pyrrole nitrogens is 1. The molecule has 0 bridgehead atoms. The zero-order valence-corrected chi connectivity index (χ0v) is 18.6. The van der Waals surface area contributed by atoms with Gasteiger partial charge in [0.05, 0.1) is 5.56 Å². The average molecular weight is 416 g/mol. The molecule has 0 aliphatic heterocycles. The first-order chi connectivity index (χ1) is 13.8. The van der Waals surface area contributed by atoms with Gasteiger partial charge < -0.3 is 16.0 Å². The Hall–Kier alpha value is -1.92. The van der Waals surface area contributed by atoms with Gasteiger partial charge >= 0.3 is 0 Å². The summed E-state index contributed by atoms with van der Waals surface area (Å²) < 4.78 is 0. The van der Waals surface area contributed by atoms with Crippen molar-refractivity contribution in [2.75, 3.05) is 0 Å². The van der Waals surface area contributed by atoms with E-state index in [-0.39, 0.29) is 18.0 Å². The monoisotopic (exact) mass is 415 g/mol. The van der Waals surface area contributed by atoms with Crippen molar-refractivity contribution >= 4 is 17.2 Å². The van der Waals surface area contributed by atoms with E-state index in [4.69, 9.17) is 5.73 Å². The molecule has 0 radical (unpaired) electrons. The van der Waals surface area contributed by atoms with Gasteiger partial charge in [-0.25, -0.2) is 0 Å². The van der Waals surface area contributed by atoms with E-state index in [0.29, 0.717) is 11.6 Å². The molecular weight excluding hydrogens is 382 g/mol. The average Bonchev–Trinajstić information content (AvgIpc) is 3.03. The third-order valence-electron chi connectivity index (χ3n) is 6.21. The van der Waals surface area contributed by atoms with Crippen molar-refractivity contribution in [1.29, 1.82) is 0 Å². The minimum atomic E-state index is -0.130. The number of aryl methyl sites for hydroxylation is 3. The lowest BCUT2D eigenvalue weighted by atomic mass is 9.83. The Bertz CT molecular complexity index is 907. The second-order valence-electron chi connectivity index (χ2n) is 8.50. The van der Waals surface area contributed by atoms with Crippen LogP contribution in [0, 0.1) is 26.7 Å². The van der Waals surface area contributed by atoms with E-state index in [1.165, 1.54) is 30.6 Å². The Morgan fingerprint density at radius 2 is 1.97 bits per heavy atom. The number of hydrogen-bond donors (Lipinski definition) is 3. The molecule has 0 saturated heterocycles. The zero-order valence-electron chi connectivity index (χ0n) is 17.8. The van der Waals surface area contributed by atoms with Crippen LogP contribution in [0.2, 0.25) is 0 Å². The second-order valence-corrected chi connectivity index (χ2v) is 9.46. The fourth-order valence-electron chi connectivity index (χ4n) is 4.32. The van der Waals surface area contributed by atoms with Crippen LogP contribution in [-0.2, 0) is 13.0 Å². The summed E-state index contributed by atoms with van der Waals surface area (Å²) in [6.45, 7) is 6.03. The first-order valence-electron chi connectivity index (χ1n) is 10.6. The van der Waals surface area contributed by atoms with E-state index < -0.39 is 0 Å². The molecule has 1 amide bonds. The number of thiophene rings is 1. The normalized spacial score (nSPS) is 19.3. The summed E-state index contributed by atoms with van der Waals surface area (Å²) in [6, 6.07) is 2.34. The number of rotatable bonds is 7. The molecule has 3 rings (SSSR count). The largest absolute Gasteiger partial charge is 0.348 e. The fraction of sp³-hybridized carbons (Fsp3) is 0.565. The van der Waals surface area contributed by atoms with Crippen molar-refractivity contribution < 1.29 is 4.79 Å². The summed E-state index contributed by atoms with van der Waals surface area (Å²) in [5.41, 5.74) is 10.0. The molecule has 1 aliphatic carbocycles. The summed E-state index contributed by atoms with van der Waals surface area (Å²) in [5, 5.41) is 4.87. The molecule has 1 saturated carbocycles. The lowest BCUT2D eigenvalue weighted by Crippen LogP contribution is -2.28. The topological polar surface area (TPSA) is 88.0 Å². The van der Waals surface area contributed by atoms with Gasteiger partial charge in [0.2, 0.25) is 0 Å². The van der Waals surface area contributed by atoms with Crippen molar-refractivity contribution in [3.05, 3.63) is 54.6 Å². The Morgan fingerprint density at radius 3 is 2.66 bits per heavy atom. The van der Waals surface area contributed by atoms with Gasteiger partial charge in [0.15, 0.2) is 0 Å². The minimum Gasteiger partial charge on any atom is -0.348 e. The molecule has 158 valence electrons. The van der Waals surface area contributed by atoms with Gasteiger partial charge in [0.25, 0.3) is 11.5 Å². The van der Waals surface area contributed by atoms with Crippen molar-refractivity contribution in [1.82, 2.24) is 10.3 Å². The van der Waals surface area contributed by atoms with Gasteiger partial charge in [-0.3, -0.25) is 9.59 Å². The summed E-state index contributed by atoms with van der Waals surface area (Å²) in [7, 11) is 0. The number of nitrogens with one attached hydrogen (secondary N) is 2. The van der Waals surface area contributed by atoms with Crippen LogP contribution in [0.1, 0.15) is 76.1 Å². The molecule has 4 N–H and O–H groups in total. The number of aromatic amines is 1. The number of pyridine rings is 1. The van der Waals surface area contributed by atoms with Gasteiger partial charge in [-0.2, -0.15) is 0 Å². The number of amides is 1. The number of hydrogen-bond acceptors (Lipinski definition) is 4. The third-order valence-corrected chi connectivity index (χ3v) is 7.36. The molecule has 1 fully saturated rings. The molecule has 0 unspecified atom stereocenters. The Morgan fingerprint density at radius 1 is 1.24 bits per heavy atom. The highest BCUT2D eigenvalue weighted by Gasteiger charge is 2.19. The second kappa shape index (κ2) is 9.72. The molecule has 1 aliphatic rings. The molecule has 0 atom stereocenters. The summed E-state index contributed by atoms with van der Waals surface area (Å²) >= 11 is 1.67. The Balaban J connectivity index is 1.53. The van der Waals surface area contributed by atoms with Crippen molar-refractivity contribution in [3.63, 3.8) is 0 Å². The van der Waals surface area contributed by atoms with Gasteiger partial charge in [-0.15, -0.1) is 11.3 Å². The van der Waals surface area contributed by atoms with E-state index in [1.54, 1.807) is 11.3 Å². The molecule has 6 heteroatoms. The van der Waals surface area contributed by atoms with Crippen LogP contribution in [0.5, 0.6) is 0 Å². The maximum Gasteiger partial charge on any atom is 0.253 e. The highest BCUT2D eigenvalue weighted by molar-refractivity contribution is 7.10. The zero-order chi connectivity index (χ0) is 21.0. The van der Waals surface area contributed by atoms with E-state index in [9.17, 15) is 9.59 Å². The van der Waals surface area contributed by atoms with Crippen LogP contribution in [0.25, 0.3) is 0 Å². The van der Waals surface area contributed by atoms with E-state index in [2.05, 4.69) is 10.3 Å². The fourth-order valence-corrected chi connectivity index (χ4v) is 5.41. The number of nitrogens with two attached hydrogens (primary N) is 1. The Kier molecular flexibility index (Phi) is 7.30. The molecule has 5 nitrogen and oxygen atoms in total. The first-order valence-corrected chi connectivity index (χ1v) is 11.5. The summed E-state index contributed by atoms with van der Waals surface area (Å²) in [6.07, 6.45) is 8.29. The van der Waals surface area contributed by atoms with E-state index in [1.807, 2.05) is 32.2 Å². The number of carbonyl (C=O) groups is 1. The van der Waals surface area contributed by atoms with Crippen molar-refractivity contribution in [2.45, 2.75) is 78.3 Å². The summed E-state index contributed by atoms with van der Waals surface area (Å²) in [4.78, 5) is 28.9. The van der Waals surface area contributed by atoms with Crippen LogP contribution in [-0.4, -0.2) is 16.9 Å². The smallest absolute Gasteiger partial charge is 0.253 e. The third kappa shape index (κ3) is 5.58. The predicted molar refractivity (Wildman–Crippen MR) is 120 cm³/mol. The number of carbonyl (C=O) groups excluding carboxylic acids is 1. The van der Waals surface area contributed by atoms with E-state index >= 15 is 0 Å². The predicted octanol–water partition coefficient (Wildman–Crippen LogP) is 4.13. The standard InChI is InChI=1S/C23H33N3O2S/c1-14-11-15(2)26-23(28)19(14)12-25-22(27)20-13-29-21(16(20)3)6-4-5-17-7-9-18(24)10-8-17/h11,13,17-18H,4-10,12,24H2,1-3H3,(H,25,27)(H,26,28)/t17-,18-. The maximum atomic E-state index is 12.7.